The van der Waals surface area contributed by atoms with Gasteiger partial charge in [-0.2, -0.15) is 5.10 Å². The van der Waals surface area contributed by atoms with Gasteiger partial charge in [0.25, 0.3) is 0 Å². The van der Waals surface area contributed by atoms with Crippen LogP contribution < -0.4 is 0 Å². The molecule has 0 aliphatic rings. The predicted octanol–water partition coefficient (Wildman–Crippen LogP) is 5.23. The lowest BCUT2D eigenvalue weighted by Gasteiger charge is -2.14. The Balaban J connectivity index is 2.30. The van der Waals surface area contributed by atoms with Crippen LogP contribution in [-0.4, -0.2) is 22.4 Å². The number of rotatable bonds is 6. The van der Waals surface area contributed by atoms with Gasteiger partial charge in [-0.3, -0.25) is 0 Å². The maximum absolute atomic E-state index is 12.8. The highest BCUT2D eigenvalue weighted by atomic mass is 16.5. The number of carbonyl (C=O) groups is 1. The van der Waals surface area contributed by atoms with Crippen LogP contribution in [-0.2, 0) is 4.74 Å². The largest absolute Gasteiger partial charge is 0.462 e. The Labute approximate surface area is 154 Å². The number of hydrogen-bond donors (Lipinski definition) is 0. The quantitative estimate of drug-likeness (QED) is 0.573. The van der Waals surface area contributed by atoms with Crippen LogP contribution in [0.2, 0.25) is 0 Å². The fourth-order valence-corrected chi connectivity index (χ4v) is 3.05. The number of para-hydroxylation sites is 1. The monoisotopic (exact) mass is 348 g/mol. The van der Waals surface area contributed by atoms with Crippen molar-refractivity contribution in [2.45, 2.75) is 33.1 Å². The van der Waals surface area contributed by atoms with Gasteiger partial charge in [0.05, 0.1) is 18.0 Å². The van der Waals surface area contributed by atoms with Gasteiger partial charge in [-0.1, -0.05) is 62.4 Å². The Morgan fingerprint density at radius 1 is 1.04 bits per heavy atom. The van der Waals surface area contributed by atoms with Crippen molar-refractivity contribution in [3.05, 3.63) is 71.9 Å². The molecule has 3 aromatic rings. The third-order valence-corrected chi connectivity index (χ3v) is 4.53. The average Bonchev–Trinajstić information content (AvgIpc) is 3.09. The SMILES string of the molecule is CCOC(=O)c1c(-c2ccccc2)nn(-c2ccccc2)c1C(C)CC. The molecule has 0 aliphatic heterocycles. The first-order valence-electron chi connectivity index (χ1n) is 9.08. The molecule has 0 spiro atoms. The number of hydrogen-bond acceptors (Lipinski definition) is 3. The van der Waals surface area contributed by atoms with E-state index < -0.39 is 0 Å². The molecule has 1 unspecified atom stereocenters. The smallest absolute Gasteiger partial charge is 0.342 e. The molecule has 4 nitrogen and oxygen atoms in total. The normalized spacial score (nSPS) is 12.0. The minimum atomic E-state index is -0.316. The van der Waals surface area contributed by atoms with E-state index >= 15 is 0 Å². The van der Waals surface area contributed by atoms with Gasteiger partial charge in [-0.15, -0.1) is 0 Å². The van der Waals surface area contributed by atoms with Crippen molar-refractivity contribution >= 4 is 5.97 Å². The molecule has 1 aromatic heterocycles. The number of aromatic nitrogens is 2. The summed E-state index contributed by atoms with van der Waals surface area (Å²) in [6.07, 6.45) is 0.902. The van der Waals surface area contributed by atoms with E-state index in [-0.39, 0.29) is 11.9 Å². The van der Waals surface area contributed by atoms with Crippen molar-refractivity contribution in [1.82, 2.24) is 9.78 Å². The Morgan fingerprint density at radius 2 is 1.65 bits per heavy atom. The van der Waals surface area contributed by atoms with Crippen LogP contribution in [0.1, 0.15) is 49.2 Å². The maximum atomic E-state index is 12.8. The molecule has 1 heterocycles. The average molecular weight is 348 g/mol. The molecule has 0 fully saturated rings. The number of carbonyl (C=O) groups excluding carboxylic acids is 1. The minimum absolute atomic E-state index is 0.166. The highest BCUT2D eigenvalue weighted by molar-refractivity contribution is 5.98. The maximum Gasteiger partial charge on any atom is 0.342 e. The molecule has 2 aromatic carbocycles. The van der Waals surface area contributed by atoms with Gasteiger partial charge in [0.15, 0.2) is 0 Å². The molecule has 1 atom stereocenters. The third-order valence-electron chi connectivity index (χ3n) is 4.53. The summed E-state index contributed by atoms with van der Waals surface area (Å²) in [6, 6.07) is 19.7. The van der Waals surface area contributed by atoms with Crippen molar-refractivity contribution in [3.63, 3.8) is 0 Å². The van der Waals surface area contributed by atoms with E-state index in [1.165, 1.54) is 0 Å². The van der Waals surface area contributed by atoms with Crippen molar-refractivity contribution in [1.29, 1.82) is 0 Å². The zero-order valence-corrected chi connectivity index (χ0v) is 15.5. The first-order chi connectivity index (χ1) is 12.7. The van der Waals surface area contributed by atoms with Gasteiger partial charge >= 0.3 is 5.97 Å². The van der Waals surface area contributed by atoms with Gasteiger partial charge in [-0.25, -0.2) is 9.48 Å². The van der Waals surface area contributed by atoms with Gasteiger partial charge in [0.1, 0.15) is 11.3 Å². The topological polar surface area (TPSA) is 44.1 Å². The summed E-state index contributed by atoms with van der Waals surface area (Å²) in [5.41, 5.74) is 3.99. The molecule has 4 heteroatoms. The second-order valence-corrected chi connectivity index (χ2v) is 6.25. The summed E-state index contributed by atoms with van der Waals surface area (Å²) >= 11 is 0. The first kappa shape index (κ1) is 17.9. The van der Waals surface area contributed by atoms with Crippen molar-refractivity contribution in [2.24, 2.45) is 0 Å². The van der Waals surface area contributed by atoms with E-state index in [4.69, 9.17) is 9.84 Å². The lowest BCUT2D eigenvalue weighted by atomic mass is 9.97. The molecule has 0 saturated carbocycles. The lowest BCUT2D eigenvalue weighted by molar-refractivity contribution is 0.0525. The predicted molar refractivity (Wildman–Crippen MR) is 104 cm³/mol. The van der Waals surface area contributed by atoms with Gasteiger partial charge in [0.2, 0.25) is 0 Å². The molecule has 134 valence electrons. The number of ether oxygens (including phenoxy) is 1. The Bertz CT molecular complexity index is 870. The highest BCUT2D eigenvalue weighted by Crippen LogP contribution is 2.33. The van der Waals surface area contributed by atoms with E-state index in [0.717, 1.165) is 23.4 Å². The summed E-state index contributed by atoms with van der Waals surface area (Å²) in [5, 5.41) is 4.84. The molecule has 0 saturated heterocycles. The molecule has 3 rings (SSSR count). The van der Waals surface area contributed by atoms with E-state index in [1.807, 2.05) is 72.3 Å². The summed E-state index contributed by atoms with van der Waals surface area (Å²) < 4.78 is 7.27. The summed E-state index contributed by atoms with van der Waals surface area (Å²) in [6.45, 7) is 6.40. The van der Waals surface area contributed by atoms with Crippen LogP contribution >= 0.6 is 0 Å². The van der Waals surface area contributed by atoms with Crippen LogP contribution in [0.4, 0.5) is 0 Å². The summed E-state index contributed by atoms with van der Waals surface area (Å²) in [5.74, 6) is -0.150. The molecular formula is C22H24N2O2. The lowest BCUT2D eigenvalue weighted by Crippen LogP contribution is -2.12. The first-order valence-corrected chi connectivity index (χ1v) is 9.08. The number of nitrogens with zero attached hydrogens (tertiary/aromatic N) is 2. The molecule has 0 radical (unpaired) electrons. The second-order valence-electron chi connectivity index (χ2n) is 6.25. The molecule has 0 N–H and O–H groups in total. The second kappa shape index (κ2) is 8.00. The van der Waals surface area contributed by atoms with Crippen LogP contribution in [0.3, 0.4) is 0 Å². The Morgan fingerprint density at radius 3 is 2.23 bits per heavy atom. The van der Waals surface area contributed by atoms with Crippen molar-refractivity contribution in [3.8, 4) is 16.9 Å². The van der Waals surface area contributed by atoms with E-state index in [0.29, 0.717) is 17.9 Å². The van der Waals surface area contributed by atoms with Gasteiger partial charge in [0, 0.05) is 5.56 Å². The van der Waals surface area contributed by atoms with Crippen molar-refractivity contribution in [2.75, 3.05) is 6.61 Å². The number of esters is 1. The fourth-order valence-electron chi connectivity index (χ4n) is 3.05. The molecule has 0 bridgehead atoms. The van der Waals surface area contributed by atoms with Crippen LogP contribution in [0.15, 0.2) is 60.7 Å². The van der Waals surface area contributed by atoms with Crippen LogP contribution in [0, 0.1) is 0 Å². The minimum Gasteiger partial charge on any atom is -0.462 e. The molecule has 0 amide bonds. The Kier molecular flexibility index (Phi) is 5.52. The van der Waals surface area contributed by atoms with Crippen LogP contribution in [0.5, 0.6) is 0 Å². The van der Waals surface area contributed by atoms with Crippen LogP contribution in [0.25, 0.3) is 16.9 Å². The molecule has 0 aliphatic carbocycles. The zero-order chi connectivity index (χ0) is 18.5. The van der Waals surface area contributed by atoms with Gasteiger partial charge < -0.3 is 4.74 Å². The summed E-state index contributed by atoms with van der Waals surface area (Å²) in [7, 11) is 0. The number of benzene rings is 2. The van der Waals surface area contributed by atoms with E-state index in [1.54, 1.807) is 0 Å². The standard InChI is InChI=1S/C22H24N2O2/c1-4-16(3)21-19(22(25)26-5-2)20(17-12-8-6-9-13-17)23-24(21)18-14-10-7-11-15-18/h6-16H,4-5H2,1-3H3. The Hall–Kier alpha value is -2.88. The third kappa shape index (κ3) is 3.40. The van der Waals surface area contributed by atoms with E-state index in [9.17, 15) is 4.79 Å². The highest BCUT2D eigenvalue weighted by Gasteiger charge is 2.28. The molecule has 26 heavy (non-hydrogen) atoms. The molecular weight excluding hydrogens is 324 g/mol. The zero-order valence-electron chi connectivity index (χ0n) is 15.5. The van der Waals surface area contributed by atoms with Gasteiger partial charge in [-0.05, 0) is 31.4 Å². The summed E-state index contributed by atoms with van der Waals surface area (Å²) in [4.78, 5) is 12.8. The fraction of sp³-hybridized carbons (Fsp3) is 0.273. The van der Waals surface area contributed by atoms with E-state index in [2.05, 4.69) is 13.8 Å². The van der Waals surface area contributed by atoms with Crippen molar-refractivity contribution < 1.29 is 9.53 Å².